The summed E-state index contributed by atoms with van der Waals surface area (Å²) in [6, 6.07) is 9.38. The van der Waals surface area contributed by atoms with Gasteiger partial charge in [-0.15, -0.1) is 0 Å². The van der Waals surface area contributed by atoms with Gasteiger partial charge in [0.15, 0.2) is 0 Å². The average molecular weight is 397 g/mol. The fourth-order valence-corrected chi connectivity index (χ4v) is 3.90. The lowest BCUT2D eigenvalue weighted by molar-refractivity contribution is 0.0990. The van der Waals surface area contributed by atoms with Crippen molar-refractivity contribution in [3.8, 4) is 0 Å². The van der Waals surface area contributed by atoms with E-state index >= 15 is 0 Å². The molecule has 1 amide bonds. The van der Waals surface area contributed by atoms with Crippen LogP contribution in [0.15, 0.2) is 24.3 Å². The van der Waals surface area contributed by atoms with Crippen LogP contribution in [0.2, 0.25) is 0 Å². The summed E-state index contributed by atoms with van der Waals surface area (Å²) < 4.78 is 0. The molecule has 3 N–H and O–H groups in total. The third-order valence-corrected chi connectivity index (χ3v) is 5.51. The van der Waals surface area contributed by atoms with Crippen LogP contribution < -0.4 is 16.0 Å². The molecule has 2 aromatic rings. The van der Waals surface area contributed by atoms with Gasteiger partial charge in [0.05, 0.1) is 0 Å². The number of nitrogens with two attached hydrogens (primary N) is 1. The Kier molecular flexibility index (Phi) is 6.49. The summed E-state index contributed by atoms with van der Waals surface area (Å²) in [7, 11) is 4.17. The Morgan fingerprint density at radius 1 is 1.34 bits per heavy atom. The summed E-state index contributed by atoms with van der Waals surface area (Å²) in [5.41, 5.74) is 9.82. The second kappa shape index (κ2) is 8.88. The monoisotopic (exact) mass is 396 g/mol. The van der Waals surface area contributed by atoms with Gasteiger partial charge in [0.2, 0.25) is 5.82 Å². The summed E-state index contributed by atoms with van der Waals surface area (Å²) in [6.07, 6.45) is 1.02. The first kappa shape index (κ1) is 21.2. The lowest BCUT2D eigenvalue weighted by Gasteiger charge is -2.23. The van der Waals surface area contributed by atoms with E-state index in [2.05, 4.69) is 70.4 Å². The summed E-state index contributed by atoms with van der Waals surface area (Å²) in [5.74, 6) is 0.316. The Hall–Kier alpha value is -2.51. The molecule has 1 aliphatic heterocycles. The number of aromatic nitrogens is 2. The molecule has 2 heterocycles. The molecule has 1 fully saturated rings. The highest BCUT2D eigenvalue weighted by atomic mass is 16.1. The Labute approximate surface area is 173 Å². The van der Waals surface area contributed by atoms with Crippen molar-refractivity contribution in [2.24, 2.45) is 5.73 Å². The standard InChI is InChI=1S/C22H32N6O/c1-14-15(2)25-21(20(23)29)26-22(14)28-10-9-19(13-28)24-16(3)18-8-6-7-17(11-18)12-27(4)5/h6-8,11,16,19,24H,9-10,12-13H2,1-5H3,(H2,23,29)/t16?,19-/m1/s1. The molecule has 7 heteroatoms. The van der Waals surface area contributed by atoms with Crippen molar-refractivity contribution in [1.29, 1.82) is 0 Å². The number of carbonyl (C=O) groups excluding carboxylic acids is 1. The molecule has 7 nitrogen and oxygen atoms in total. The van der Waals surface area contributed by atoms with E-state index in [0.29, 0.717) is 6.04 Å². The topological polar surface area (TPSA) is 87.4 Å². The summed E-state index contributed by atoms with van der Waals surface area (Å²) in [6.45, 7) is 8.77. The van der Waals surface area contributed by atoms with E-state index in [1.54, 1.807) is 0 Å². The maximum absolute atomic E-state index is 11.6. The number of aryl methyl sites for hydroxylation is 1. The Bertz CT molecular complexity index is 882. The van der Waals surface area contributed by atoms with Gasteiger partial charge in [-0.1, -0.05) is 24.3 Å². The van der Waals surface area contributed by atoms with Crippen LogP contribution in [0.25, 0.3) is 0 Å². The fraction of sp³-hybridized carbons (Fsp3) is 0.500. The largest absolute Gasteiger partial charge is 0.363 e. The fourth-order valence-electron chi connectivity index (χ4n) is 3.90. The minimum Gasteiger partial charge on any atom is -0.363 e. The predicted molar refractivity (Wildman–Crippen MR) is 116 cm³/mol. The first-order valence-electron chi connectivity index (χ1n) is 10.1. The number of carbonyl (C=O) groups is 1. The van der Waals surface area contributed by atoms with Gasteiger partial charge in [0.1, 0.15) is 5.82 Å². The molecule has 156 valence electrons. The van der Waals surface area contributed by atoms with Gasteiger partial charge in [-0.25, -0.2) is 9.97 Å². The van der Waals surface area contributed by atoms with Crippen molar-refractivity contribution in [2.45, 2.75) is 45.8 Å². The summed E-state index contributed by atoms with van der Waals surface area (Å²) in [4.78, 5) is 24.6. The molecule has 2 atom stereocenters. The highest BCUT2D eigenvalue weighted by Gasteiger charge is 2.27. The van der Waals surface area contributed by atoms with Crippen LogP contribution >= 0.6 is 0 Å². The van der Waals surface area contributed by atoms with E-state index in [1.165, 1.54) is 11.1 Å². The first-order chi connectivity index (χ1) is 13.7. The van der Waals surface area contributed by atoms with Gasteiger partial charge >= 0.3 is 0 Å². The molecule has 0 saturated carbocycles. The maximum atomic E-state index is 11.6. The Morgan fingerprint density at radius 3 is 2.79 bits per heavy atom. The molecule has 0 spiro atoms. The molecule has 1 unspecified atom stereocenters. The van der Waals surface area contributed by atoms with Crippen LogP contribution in [0, 0.1) is 13.8 Å². The SMILES string of the molecule is Cc1nc(C(N)=O)nc(N2CC[C@@H](NC(C)c3cccc(CN(C)C)c3)C2)c1C. The van der Waals surface area contributed by atoms with Gasteiger partial charge in [-0.2, -0.15) is 0 Å². The zero-order valence-corrected chi connectivity index (χ0v) is 18.1. The maximum Gasteiger partial charge on any atom is 0.286 e. The van der Waals surface area contributed by atoms with Crippen LogP contribution in [-0.2, 0) is 6.54 Å². The van der Waals surface area contributed by atoms with Crippen LogP contribution in [0.4, 0.5) is 5.82 Å². The molecule has 0 bridgehead atoms. The molecule has 1 aromatic carbocycles. The zero-order chi connectivity index (χ0) is 21.1. The van der Waals surface area contributed by atoms with Crippen LogP contribution in [0.3, 0.4) is 0 Å². The molecule has 29 heavy (non-hydrogen) atoms. The van der Waals surface area contributed by atoms with Crippen molar-refractivity contribution in [3.05, 3.63) is 52.5 Å². The number of nitrogens with one attached hydrogen (secondary N) is 1. The lowest BCUT2D eigenvalue weighted by atomic mass is 10.0. The Balaban J connectivity index is 1.68. The highest BCUT2D eigenvalue weighted by Crippen LogP contribution is 2.25. The number of hydrogen-bond donors (Lipinski definition) is 2. The minimum atomic E-state index is -0.588. The zero-order valence-electron chi connectivity index (χ0n) is 18.1. The van der Waals surface area contributed by atoms with Crippen molar-refractivity contribution in [2.75, 3.05) is 32.1 Å². The molecule has 0 radical (unpaired) electrons. The Morgan fingerprint density at radius 2 is 2.10 bits per heavy atom. The van der Waals surface area contributed by atoms with Crippen LogP contribution in [-0.4, -0.2) is 54.0 Å². The quantitative estimate of drug-likeness (QED) is 0.746. The van der Waals surface area contributed by atoms with E-state index in [0.717, 1.165) is 43.1 Å². The number of nitrogens with zero attached hydrogens (tertiary/aromatic N) is 4. The van der Waals surface area contributed by atoms with Crippen molar-refractivity contribution in [1.82, 2.24) is 20.2 Å². The number of anilines is 1. The van der Waals surface area contributed by atoms with E-state index < -0.39 is 5.91 Å². The van der Waals surface area contributed by atoms with Crippen LogP contribution in [0.1, 0.15) is 52.4 Å². The molecule has 1 saturated heterocycles. The molecular formula is C22H32N6O. The third-order valence-electron chi connectivity index (χ3n) is 5.51. The van der Waals surface area contributed by atoms with Gasteiger partial charge in [-0.05, 0) is 52.4 Å². The van der Waals surface area contributed by atoms with Crippen molar-refractivity contribution < 1.29 is 4.79 Å². The van der Waals surface area contributed by atoms with E-state index in [4.69, 9.17) is 5.73 Å². The summed E-state index contributed by atoms with van der Waals surface area (Å²) >= 11 is 0. The average Bonchev–Trinajstić information content (AvgIpc) is 3.11. The number of benzene rings is 1. The molecule has 3 rings (SSSR count). The normalized spacial score (nSPS) is 17.7. The van der Waals surface area contributed by atoms with E-state index in [1.807, 2.05) is 13.8 Å². The predicted octanol–water partition coefficient (Wildman–Crippen LogP) is 2.18. The van der Waals surface area contributed by atoms with E-state index in [-0.39, 0.29) is 11.9 Å². The number of amides is 1. The highest BCUT2D eigenvalue weighted by molar-refractivity contribution is 5.89. The number of rotatable bonds is 7. The van der Waals surface area contributed by atoms with Crippen molar-refractivity contribution >= 4 is 11.7 Å². The molecule has 1 aromatic heterocycles. The smallest absolute Gasteiger partial charge is 0.286 e. The molecule has 0 aliphatic carbocycles. The third kappa shape index (κ3) is 5.10. The van der Waals surface area contributed by atoms with Crippen molar-refractivity contribution in [3.63, 3.8) is 0 Å². The van der Waals surface area contributed by atoms with Gasteiger partial charge in [0.25, 0.3) is 5.91 Å². The first-order valence-corrected chi connectivity index (χ1v) is 10.1. The van der Waals surface area contributed by atoms with Gasteiger partial charge in [0, 0.05) is 43.0 Å². The van der Waals surface area contributed by atoms with E-state index in [9.17, 15) is 4.79 Å². The number of primary amides is 1. The summed E-state index contributed by atoms with van der Waals surface area (Å²) in [5, 5.41) is 3.76. The molecular weight excluding hydrogens is 364 g/mol. The van der Waals surface area contributed by atoms with Crippen LogP contribution in [0.5, 0.6) is 0 Å². The minimum absolute atomic E-state index is 0.0885. The second-order valence-electron chi connectivity index (χ2n) is 8.25. The van der Waals surface area contributed by atoms with Gasteiger partial charge < -0.3 is 20.9 Å². The lowest BCUT2D eigenvalue weighted by Crippen LogP contribution is -2.35. The second-order valence-corrected chi connectivity index (χ2v) is 8.25. The van der Waals surface area contributed by atoms with Gasteiger partial charge in [-0.3, -0.25) is 4.79 Å². The number of hydrogen-bond acceptors (Lipinski definition) is 6. The molecule has 1 aliphatic rings.